The van der Waals surface area contributed by atoms with Crippen molar-refractivity contribution in [3.05, 3.63) is 23.9 Å². The van der Waals surface area contributed by atoms with Crippen molar-refractivity contribution < 1.29 is 4.74 Å². The first-order chi connectivity index (χ1) is 8.79. The van der Waals surface area contributed by atoms with Gasteiger partial charge in [-0.3, -0.25) is 0 Å². The van der Waals surface area contributed by atoms with Crippen LogP contribution in [0, 0.1) is 5.92 Å². The number of hydrogen-bond acceptors (Lipinski definition) is 3. The van der Waals surface area contributed by atoms with E-state index in [1.807, 2.05) is 18.2 Å². The molecule has 1 saturated carbocycles. The maximum absolute atomic E-state index is 5.14. The van der Waals surface area contributed by atoms with E-state index in [9.17, 15) is 0 Å². The lowest BCUT2D eigenvalue weighted by atomic mass is 9.84. The number of nitrogens with zero attached hydrogens (tertiary/aromatic N) is 1. The molecular formula is C15H24N2O. The maximum atomic E-state index is 5.14. The molecule has 1 fully saturated rings. The quantitative estimate of drug-likeness (QED) is 0.869. The van der Waals surface area contributed by atoms with Crippen molar-refractivity contribution in [1.29, 1.82) is 0 Å². The normalized spacial score (nSPS) is 18.6. The maximum Gasteiger partial charge on any atom is 0.213 e. The summed E-state index contributed by atoms with van der Waals surface area (Å²) in [5.74, 6) is 1.53. The molecule has 18 heavy (non-hydrogen) atoms. The van der Waals surface area contributed by atoms with Crippen molar-refractivity contribution in [2.75, 3.05) is 7.11 Å². The van der Waals surface area contributed by atoms with Gasteiger partial charge in [-0.05, 0) is 31.7 Å². The first-order valence-electron chi connectivity index (χ1n) is 7.03. The fourth-order valence-electron chi connectivity index (χ4n) is 2.74. The van der Waals surface area contributed by atoms with Gasteiger partial charge in [-0.15, -0.1) is 0 Å². The second-order valence-electron chi connectivity index (χ2n) is 5.24. The zero-order valence-electron chi connectivity index (χ0n) is 11.5. The lowest BCUT2D eigenvalue weighted by molar-refractivity contribution is 0.279. The summed E-state index contributed by atoms with van der Waals surface area (Å²) in [6.07, 6.45) is 6.96. The van der Waals surface area contributed by atoms with Crippen LogP contribution in [0.5, 0.6) is 5.88 Å². The largest absolute Gasteiger partial charge is 0.481 e. The number of ether oxygens (including phenoxy) is 1. The van der Waals surface area contributed by atoms with Crippen LogP contribution >= 0.6 is 0 Å². The van der Waals surface area contributed by atoms with Crippen LogP contribution in [-0.2, 0) is 6.54 Å². The number of pyridine rings is 1. The summed E-state index contributed by atoms with van der Waals surface area (Å²) in [4.78, 5) is 4.42. The van der Waals surface area contributed by atoms with Gasteiger partial charge in [0.1, 0.15) is 0 Å². The van der Waals surface area contributed by atoms with Gasteiger partial charge >= 0.3 is 0 Å². The highest BCUT2D eigenvalue weighted by Gasteiger charge is 2.19. The van der Waals surface area contributed by atoms with Crippen molar-refractivity contribution in [2.45, 2.75) is 51.6 Å². The Morgan fingerprint density at radius 1 is 1.33 bits per heavy atom. The van der Waals surface area contributed by atoms with Gasteiger partial charge in [0.15, 0.2) is 0 Å². The predicted molar refractivity (Wildman–Crippen MR) is 73.7 cm³/mol. The molecule has 0 amide bonds. The second kappa shape index (κ2) is 6.74. The van der Waals surface area contributed by atoms with Crippen LogP contribution in [0.2, 0.25) is 0 Å². The van der Waals surface area contributed by atoms with Crippen molar-refractivity contribution >= 4 is 0 Å². The molecular weight excluding hydrogens is 224 g/mol. The topological polar surface area (TPSA) is 34.1 Å². The lowest BCUT2D eigenvalue weighted by Gasteiger charge is -2.28. The van der Waals surface area contributed by atoms with Gasteiger partial charge in [0, 0.05) is 18.7 Å². The molecule has 0 saturated heterocycles. The predicted octanol–water partition coefficient (Wildman–Crippen LogP) is 3.15. The SMILES string of the molecule is COc1cccc(CN[C@H](C)C2CCCCC2)n1. The Kier molecular flexibility index (Phi) is 5.00. The summed E-state index contributed by atoms with van der Waals surface area (Å²) in [6.45, 7) is 3.13. The Morgan fingerprint density at radius 3 is 2.83 bits per heavy atom. The molecule has 100 valence electrons. The van der Waals surface area contributed by atoms with Gasteiger partial charge in [-0.1, -0.05) is 25.3 Å². The van der Waals surface area contributed by atoms with E-state index in [0.29, 0.717) is 11.9 Å². The highest BCUT2D eigenvalue weighted by atomic mass is 16.5. The van der Waals surface area contributed by atoms with E-state index >= 15 is 0 Å². The summed E-state index contributed by atoms with van der Waals surface area (Å²) in [7, 11) is 1.66. The molecule has 3 nitrogen and oxygen atoms in total. The molecule has 1 heterocycles. The van der Waals surface area contributed by atoms with Crippen molar-refractivity contribution in [3.8, 4) is 5.88 Å². The molecule has 1 aromatic heterocycles. The zero-order valence-corrected chi connectivity index (χ0v) is 11.5. The number of hydrogen-bond donors (Lipinski definition) is 1. The fourth-order valence-corrected chi connectivity index (χ4v) is 2.74. The summed E-state index contributed by atoms with van der Waals surface area (Å²) in [5, 5.41) is 3.60. The highest BCUT2D eigenvalue weighted by molar-refractivity contribution is 5.15. The Bertz CT molecular complexity index is 361. The van der Waals surface area contributed by atoms with Gasteiger partial charge in [0.05, 0.1) is 12.8 Å². The van der Waals surface area contributed by atoms with E-state index in [0.717, 1.165) is 18.2 Å². The minimum absolute atomic E-state index is 0.582. The fraction of sp³-hybridized carbons (Fsp3) is 0.667. The molecule has 1 N–H and O–H groups in total. The average molecular weight is 248 g/mol. The molecule has 0 unspecified atom stereocenters. The minimum atomic E-state index is 0.582. The summed E-state index contributed by atoms with van der Waals surface area (Å²) >= 11 is 0. The first kappa shape index (κ1) is 13.3. The van der Waals surface area contributed by atoms with Gasteiger partial charge in [0.2, 0.25) is 5.88 Å². The molecule has 3 heteroatoms. The van der Waals surface area contributed by atoms with E-state index in [1.54, 1.807) is 7.11 Å². The van der Waals surface area contributed by atoms with E-state index in [-0.39, 0.29) is 0 Å². The number of nitrogens with one attached hydrogen (secondary N) is 1. The molecule has 0 bridgehead atoms. The van der Waals surface area contributed by atoms with E-state index in [4.69, 9.17) is 4.74 Å². The minimum Gasteiger partial charge on any atom is -0.481 e. The molecule has 0 aromatic carbocycles. The third-order valence-electron chi connectivity index (χ3n) is 3.95. The first-order valence-corrected chi connectivity index (χ1v) is 7.03. The Labute approximate surface area is 110 Å². The summed E-state index contributed by atoms with van der Waals surface area (Å²) in [5.41, 5.74) is 1.05. The van der Waals surface area contributed by atoms with E-state index < -0.39 is 0 Å². The van der Waals surface area contributed by atoms with Gasteiger partial charge in [0.25, 0.3) is 0 Å². The zero-order chi connectivity index (χ0) is 12.8. The van der Waals surface area contributed by atoms with Crippen LogP contribution in [0.3, 0.4) is 0 Å². The van der Waals surface area contributed by atoms with Crippen molar-refractivity contribution in [1.82, 2.24) is 10.3 Å². The molecule has 0 spiro atoms. The van der Waals surface area contributed by atoms with Crippen LogP contribution in [-0.4, -0.2) is 18.1 Å². The highest BCUT2D eigenvalue weighted by Crippen LogP contribution is 2.26. The monoisotopic (exact) mass is 248 g/mol. The standard InChI is InChI=1S/C15H24N2O/c1-12(13-7-4-3-5-8-13)16-11-14-9-6-10-15(17-14)18-2/h6,9-10,12-13,16H,3-5,7-8,11H2,1-2H3/t12-/m1/s1. The number of aromatic nitrogens is 1. The third-order valence-corrected chi connectivity index (χ3v) is 3.95. The molecule has 1 aliphatic rings. The molecule has 0 radical (unpaired) electrons. The van der Waals surface area contributed by atoms with Gasteiger partial charge < -0.3 is 10.1 Å². The van der Waals surface area contributed by atoms with E-state index in [2.05, 4.69) is 17.2 Å². The van der Waals surface area contributed by atoms with Crippen LogP contribution in [0.15, 0.2) is 18.2 Å². The van der Waals surface area contributed by atoms with Gasteiger partial charge in [-0.2, -0.15) is 0 Å². The van der Waals surface area contributed by atoms with Gasteiger partial charge in [-0.25, -0.2) is 4.98 Å². The second-order valence-corrected chi connectivity index (χ2v) is 5.24. The smallest absolute Gasteiger partial charge is 0.213 e. The third kappa shape index (κ3) is 3.70. The Morgan fingerprint density at radius 2 is 2.11 bits per heavy atom. The molecule has 1 aromatic rings. The molecule has 1 atom stereocenters. The number of methoxy groups -OCH3 is 1. The van der Waals surface area contributed by atoms with Crippen LogP contribution in [0.1, 0.15) is 44.7 Å². The van der Waals surface area contributed by atoms with Crippen LogP contribution in [0.4, 0.5) is 0 Å². The average Bonchev–Trinajstić information content (AvgIpc) is 2.46. The molecule has 1 aliphatic carbocycles. The van der Waals surface area contributed by atoms with E-state index in [1.165, 1.54) is 32.1 Å². The van der Waals surface area contributed by atoms with Crippen molar-refractivity contribution in [2.24, 2.45) is 5.92 Å². The lowest BCUT2D eigenvalue weighted by Crippen LogP contribution is -2.34. The molecule has 0 aliphatic heterocycles. The summed E-state index contributed by atoms with van der Waals surface area (Å²) in [6, 6.07) is 6.50. The number of rotatable bonds is 5. The Balaban J connectivity index is 1.82. The van der Waals surface area contributed by atoms with Crippen molar-refractivity contribution in [3.63, 3.8) is 0 Å². The van der Waals surface area contributed by atoms with Crippen LogP contribution in [0.25, 0.3) is 0 Å². The van der Waals surface area contributed by atoms with Crippen LogP contribution < -0.4 is 10.1 Å². The summed E-state index contributed by atoms with van der Waals surface area (Å²) < 4.78 is 5.14. The Hall–Kier alpha value is -1.09. The molecule has 2 rings (SSSR count).